The van der Waals surface area contributed by atoms with E-state index < -0.39 is 0 Å². The molecule has 0 saturated carbocycles. The molecule has 1 aromatic rings. The summed E-state index contributed by atoms with van der Waals surface area (Å²) in [5.41, 5.74) is 2.79. The van der Waals surface area contributed by atoms with Gasteiger partial charge >= 0.3 is 6.03 Å². The summed E-state index contributed by atoms with van der Waals surface area (Å²) < 4.78 is 2.02. The van der Waals surface area contributed by atoms with Crippen molar-refractivity contribution in [2.24, 2.45) is 4.99 Å². The first-order valence-corrected chi connectivity index (χ1v) is 11.9. The van der Waals surface area contributed by atoms with Crippen molar-refractivity contribution in [3.63, 3.8) is 0 Å². The SMILES string of the molecule is CCCCC1C(=NCC(=O)N2CCC3=C(C=CCC3)C2)NC(=O)N1CCCn1ccnc1. The normalized spacial score (nSPS) is 22.0. The molecule has 1 aliphatic carbocycles. The first kappa shape index (κ1) is 22.3. The van der Waals surface area contributed by atoms with E-state index >= 15 is 0 Å². The van der Waals surface area contributed by atoms with Crippen molar-refractivity contribution in [3.8, 4) is 0 Å². The van der Waals surface area contributed by atoms with Crippen LogP contribution >= 0.6 is 0 Å². The molecule has 2 aliphatic heterocycles. The molecule has 1 atom stereocenters. The van der Waals surface area contributed by atoms with Gasteiger partial charge in [0.1, 0.15) is 12.4 Å². The maximum absolute atomic E-state index is 12.9. The Morgan fingerprint density at radius 3 is 3.00 bits per heavy atom. The Hall–Kier alpha value is -2.90. The quantitative estimate of drug-likeness (QED) is 0.643. The predicted molar refractivity (Wildman–Crippen MR) is 124 cm³/mol. The molecule has 3 aliphatic rings. The molecule has 1 fully saturated rings. The number of imidazole rings is 1. The highest BCUT2D eigenvalue weighted by molar-refractivity contribution is 6.07. The number of allylic oxidation sites excluding steroid dienone is 1. The number of hydrogen-bond acceptors (Lipinski definition) is 4. The molecule has 0 bridgehead atoms. The standard InChI is InChI=1S/C24H34N6O2/c1-2-3-9-21-23(27-24(32)30(21)13-6-12-28-15-11-25-18-28)26-16-22(31)29-14-10-19-7-4-5-8-20(19)17-29/h5,8,11,15,18,21H,2-4,6-7,9-10,12-14,16-17H2,1H3,(H,26,27,32). The number of unbranched alkanes of at least 4 members (excludes halogenated alkanes) is 1. The van der Waals surface area contributed by atoms with Crippen LogP contribution in [0.1, 0.15) is 51.9 Å². The largest absolute Gasteiger partial charge is 0.337 e. The molecule has 1 N–H and O–H groups in total. The second kappa shape index (κ2) is 10.6. The highest BCUT2D eigenvalue weighted by Crippen LogP contribution is 2.27. The summed E-state index contributed by atoms with van der Waals surface area (Å²) in [6.45, 7) is 5.15. The zero-order chi connectivity index (χ0) is 22.3. The van der Waals surface area contributed by atoms with Crippen molar-refractivity contribution in [2.45, 2.75) is 64.5 Å². The molecule has 1 unspecified atom stereocenters. The third-order valence-electron chi connectivity index (χ3n) is 6.56. The molecular weight excluding hydrogens is 404 g/mol. The summed E-state index contributed by atoms with van der Waals surface area (Å²) >= 11 is 0. The van der Waals surface area contributed by atoms with Crippen LogP contribution in [0, 0.1) is 0 Å². The predicted octanol–water partition coefficient (Wildman–Crippen LogP) is 3.13. The van der Waals surface area contributed by atoms with E-state index in [0.29, 0.717) is 18.9 Å². The van der Waals surface area contributed by atoms with Gasteiger partial charge in [-0.2, -0.15) is 0 Å². The summed E-state index contributed by atoms with van der Waals surface area (Å²) in [7, 11) is 0. The minimum absolute atomic E-state index is 0.0325. The van der Waals surface area contributed by atoms with E-state index in [1.807, 2.05) is 20.6 Å². The van der Waals surface area contributed by atoms with E-state index in [9.17, 15) is 9.59 Å². The van der Waals surface area contributed by atoms with Crippen LogP contribution in [0.5, 0.6) is 0 Å². The highest BCUT2D eigenvalue weighted by atomic mass is 16.2. The van der Waals surface area contributed by atoms with Crippen LogP contribution in [-0.4, -0.2) is 69.3 Å². The Kier molecular flexibility index (Phi) is 7.39. The van der Waals surface area contributed by atoms with E-state index in [4.69, 9.17) is 0 Å². The molecule has 4 rings (SSSR count). The number of nitrogens with one attached hydrogen (secondary N) is 1. The Morgan fingerprint density at radius 2 is 2.19 bits per heavy atom. The monoisotopic (exact) mass is 438 g/mol. The first-order valence-electron chi connectivity index (χ1n) is 11.9. The van der Waals surface area contributed by atoms with Crippen molar-refractivity contribution >= 4 is 17.8 Å². The van der Waals surface area contributed by atoms with E-state index in [2.05, 4.69) is 34.4 Å². The molecule has 3 heterocycles. The van der Waals surface area contributed by atoms with Crippen molar-refractivity contribution < 1.29 is 9.59 Å². The summed E-state index contributed by atoms with van der Waals surface area (Å²) in [6.07, 6.45) is 16.8. The molecular formula is C24H34N6O2. The summed E-state index contributed by atoms with van der Waals surface area (Å²) in [4.78, 5) is 38.0. The van der Waals surface area contributed by atoms with E-state index in [-0.39, 0.29) is 24.5 Å². The Balaban J connectivity index is 1.36. The molecule has 0 aromatic carbocycles. The number of rotatable bonds is 9. The second-order valence-corrected chi connectivity index (χ2v) is 8.77. The number of urea groups is 1. The number of amidine groups is 1. The minimum Gasteiger partial charge on any atom is -0.337 e. The maximum atomic E-state index is 12.9. The molecule has 0 radical (unpaired) electrons. The fourth-order valence-corrected chi connectivity index (χ4v) is 4.72. The number of aliphatic imine (C=N–C) groups is 1. The first-order chi connectivity index (χ1) is 15.7. The van der Waals surface area contributed by atoms with Crippen LogP contribution < -0.4 is 5.32 Å². The Labute approximate surface area is 190 Å². The van der Waals surface area contributed by atoms with Gasteiger partial charge in [0.05, 0.1) is 12.4 Å². The van der Waals surface area contributed by atoms with Crippen LogP contribution in [0.3, 0.4) is 0 Å². The zero-order valence-electron chi connectivity index (χ0n) is 19.0. The molecule has 32 heavy (non-hydrogen) atoms. The lowest BCUT2D eigenvalue weighted by molar-refractivity contribution is -0.129. The lowest BCUT2D eigenvalue weighted by Gasteiger charge is -2.31. The lowest BCUT2D eigenvalue weighted by atomic mass is 9.92. The summed E-state index contributed by atoms with van der Waals surface area (Å²) in [5, 5.41) is 2.94. The van der Waals surface area contributed by atoms with Crippen molar-refractivity contribution in [1.82, 2.24) is 24.7 Å². The number of amides is 3. The molecule has 172 valence electrons. The van der Waals surface area contributed by atoms with Crippen molar-refractivity contribution in [1.29, 1.82) is 0 Å². The van der Waals surface area contributed by atoms with Gasteiger partial charge in [-0.3, -0.25) is 15.1 Å². The topological polar surface area (TPSA) is 82.8 Å². The van der Waals surface area contributed by atoms with Crippen LogP contribution in [-0.2, 0) is 11.3 Å². The van der Waals surface area contributed by atoms with Crippen molar-refractivity contribution in [3.05, 3.63) is 42.0 Å². The third kappa shape index (κ3) is 5.29. The minimum atomic E-state index is -0.108. The number of aromatic nitrogens is 2. The molecule has 8 nitrogen and oxygen atoms in total. The fraction of sp³-hybridized carbons (Fsp3) is 0.583. The van der Waals surface area contributed by atoms with Gasteiger partial charge in [-0.1, -0.05) is 37.5 Å². The molecule has 1 saturated heterocycles. The highest BCUT2D eigenvalue weighted by Gasteiger charge is 2.35. The van der Waals surface area contributed by atoms with Gasteiger partial charge in [0, 0.05) is 38.6 Å². The summed E-state index contributed by atoms with van der Waals surface area (Å²) in [5.74, 6) is 0.680. The summed E-state index contributed by atoms with van der Waals surface area (Å²) in [6, 6.07) is -0.182. The van der Waals surface area contributed by atoms with Crippen LogP contribution in [0.4, 0.5) is 4.79 Å². The Bertz CT molecular complexity index is 902. The van der Waals surface area contributed by atoms with Gasteiger partial charge in [0.15, 0.2) is 0 Å². The molecule has 1 aromatic heterocycles. The number of aryl methyl sites for hydroxylation is 1. The zero-order valence-corrected chi connectivity index (χ0v) is 19.0. The van der Waals surface area contributed by atoms with Gasteiger partial charge in [-0.15, -0.1) is 0 Å². The number of nitrogens with zero attached hydrogens (tertiary/aromatic N) is 5. The lowest BCUT2D eigenvalue weighted by Crippen LogP contribution is -2.39. The number of carbonyl (C=O) groups excluding carboxylic acids is 2. The van der Waals surface area contributed by atoms with Crippen LogP contribution in [0.25, 0.3) is 0 Å². The van der Waals surface area contributed by atoms with E-state index in [1.54, 1.807) is 12.5 Å². The van der Waals surface area contributed by atoms with E-state index in [0.717, 1.165) is 58.0 Å². The van der Waals surface area contributed by atoms with Gasteiger partial charge in [0.25, 0.3) is 0 Å². The third-order valence-corrected chi connectivity index (χ3v) is 6.56. The fourth-order valence-electron chi connectivity index (χ4n) is 4.72. The molecule has 0 spiro atoms. The molecule has 8 heteroatoms. The van der Waals surface area contributed by atoms with E-state index in [1.165, 1.54) is 11.1 Å². The van der Waals surface area contributed by atoms with Gasteiger partial charge in [-0.25, -0.2) is 9.78 Å². The number of carbonyl (C=O) groups is 2. The van der Waals surface area contributed by atoms with Crippen LogP contribution in [0.2, 0.25) is 0 Å². The maximum Gasteiger partial charge on any atom is 0.323 e. The van der Waals surface area contributed by atoms with Gasteiger partial charge < -0.3 is 14.4 Å². The average Bonchev–Trinajstić information content (AvgIpc) is 3.44. The van der Waals surface area contributed by atoms with Gasteiger partial charge in [0.2, 0.25) is 5.91 Å². The number of hydrogen-bond donors (Lipinski definition) is 1. The van der Waals surface area contributed by atoms with Gasteiger partial charge in [-0.05, 0) is 37.7 Å². The van der Waals surface area contributed by atoms with Crippen LogP contribution in [0.15, 0.2) is 47.0 Å². The Morgan fingerprint density at radius 1 is 1.28 bits per heavy atom. The molecule has 3 amide bonds. The van der Waals surface area contributed by atoms with Crippen molar-refractivity contribution in [2.75, 3.05) is 26.2 Å². The smallest absolute Gasteiger partial charge is 0.323 e. The second-order valence-electron chi connectivity index (χ2n) is 8.77. The average molecular weight is 439 g/mol.